The van der Waals surface area contributed by atoms with E-state index in [1.54, 1.807) is 12.1 Å². The molecule has 0 fully saturated rings. The van der Waals surface area contributed by atoms with Crippen molar-refractivity contribution in [3.63, 3.8) is 0 Å². The molecule has 0 radical (unpaired) electrons. The van der Waals surface area contributed by atoms with Gasteiger partial charge in [0, 0.05) is 18.8 Å². The van der Waals surface area contributed by atoms with Crippen molar-refractivity contribution in [3.05, 3.63) is 29.6 Å². The van der Waals surface area contributed by atoms with Crippen molar-refractivity contribution in [1.82, 2.24) is 4.90 Å². The fourth-order valence-electron chi connectivity index (χ4n) is 2.17. The molecule has 102 valence electrons. The number of hydrogen-bond donors (Lipinski definition) is 1. The Bertz CT molecular complexity index is 362. The number of hydrogen-bond acceptors (Lipinski definition) is 2. The zero-order valence-corrected chi connectivity index (χ0v) is 11.7. The monoisotopic (exact) mass is 252 g/mol. The van der Waals surface area contributed by atoms with E-state index in [1.807, 2.05) is 0 Å². The molecule has 2 N–H and O–H groups in total. The number of rotatable bonds is 7. The van der Waals surface area contributed by atoms with Gasteiger partial charge in [0.25, 0.3) is 0 Å². The van der Waals surface area contributed by atoms with Crippen LogP contribution in [0, 0.1) is 11.7 Å². The van der Waals surface area contributed by atoms with Crippen LogP contribution < -0.4 is 5.73 Å². The number of nitrogen functional groups attached to an aromatic ring is 1. The molecule has 0 aliphatic carbocycles. The molecule has 0 saturated heterocycles. The molecule has 0 bridgehead atoms. The molecule has 0 atom stereocenters. The minimum absolute atomic E-state index is 0.210. The third-order valence-corrected chi connectivity index (χ3v) is 3.62. The third-order valence-electron chi connectivity index (χ3n) is 3.62. The molecule has 0 aliphatic rings. The van der Waals surface area contributed by atoms with E-state index in [0.29, 0.717) is 11.6 Å². The molecule has 18 heavy (non-hydrogen) atoms. The summed E-state index contributed by atoms with van der Waals surface area (Å²) in [5.74, 6) is 0.498. The number of benzene rings is 1. The Morgan fingerprint density at radius 1 is 1.22 bits per heavy atom. The molecule has 0 spiro atoms. The second-order valence-electron chi connectivity index (χ2n) is 4.85. The van der Waals surface area contributed by atoms with Gasteiger partial charge in [0.1, 0.15) is 5.82 Å². The maximum Gasteiger partial charge on any atom is 0.123 e. The van der Waals surface area contributed by atoms with Gasteiger partial charge in [0.2, 0.25) is 0 Å². The first-order valence-corrected chi connectivity index (χ1v) is 6.86. The molecule has 3 heteroatoms. The Kier molecular flexibility index (Phi) is 6.13. The summed E-state index contributed by atoms with van der Waals surface area (Å²) in [6, 6.07) is 4.61. The first-order chi connectivity index (χ1) is 8.60. The second-order valence-corrected chi connectivity index (χ2v) is 4.85. The number of anilines is 1. The zero-order valence-electron chi connectivity index (χ0n) is 11.7. The van der Waals surface area contributed by atoms with Crippen LogP contribution >= 0.6 is 0 Å². The van der Waals surface area contributed by atoms with Gasteiger partial charge in [-0.25, -0.2) is 4.39 Å². The molecule has 1 aromatic rings. The Morgan fingerprint density at radius 3 is 2.44 bits per heavy atom. The average Bonchev–Trinajstić information content (AvgIpc) is 2.38. The Hall–Kier alpha value is -1.09. The Balaban J connectivity index is 2.70. The molecular formula is C15H25FN2. The van der Waals surface area contributed by atoms with Crippen LogP contribution in [0.3, 0.4) is 0 Å². The van der Waals surface area contributed by atoms with E-state index in [4.69, 9.17) is 5.73 Å². The van der Waals surface area contributed by atoms with Crippen LogP contribution in [0.4, 0.5) is 10.1 Å². The van der Waals surface area contributed by atoms with E-state index < -0.39 is 0 Å². The summed E-state index contributed by atoms with van der Waals surface area (Å²) >= 11 is 0. The number of halogens is 1. The van der Waals surface area contributed by atoms with Crippen LogP contribution in [0.1, 0.15) is 39.2 Å². The van der Waals surface area contributed by atoms with E-state index in [1.165, 1.54) is 18.9 Å². The van der Waals surface area contributed by atoms with Gasteiger partial charge >= 0.3 is 0 Å². The van der Waals surface area contributed by atoms with Crippen molar-refractivity contribution in [2.75, 3.05) is 18.8 Å². The van der Waals surface area contributed by atoms with Crippen LogP contribution in [0.5, 0.6) is 0 Å². The predicted molar refractivity (Wildman–Crippen MR) is 75.8 cm³/mol. The third kappa shape index (κ3) is 4.30. The number of nitrogens with zero attached hydrogens (tertiary/aromatic N) is 1. The van der Waals surface area contributed by atoms with Gasteiger partial charge in [-0.15, -0.1) is 0 Å². The van der Waals surface area contributed by atoms with Crippen molar-refractivity contribution in [2.45, 2.75) is 40.2 Å². The molecule has 0 heterocycles. The van der Waals surface area contributed by atoms with Crippen LogP contribution in [0.2, 0.25) is 0 Å². The lowest BCUT2D eigenvalue weighted by atomic mass is 10.0. The van der Waals surface area contributed by atoms with Crippen molar-refractivity contribution in [2.24, 2.45) is 5.92 Å². The summed E-state index contributed by atoms with van der Waals surface area (Å²) in [7, 11) is 0. The van der Waals surface area contributed by atoms with Crippen molar-refractivity contribution >= 4 is 5.69 Å². The fraction of sp³-hybridized carbons (Fsp3) is 0.600. The fourth-order valence-corrected chi connectivity index (χ4v) is 2.17. The Labute approximate surface area is 110 Å². The van der Waals surface area contributed by atoms with Crippen molar-refractivity contribution in [3.8, 4) is 0 Å². The van der Waals surface area contributed by atoms with Gasteiger partial charge < -0.3 is 5.73 Å². The zero-order chi connectivity index (χ0) is 13.5. The molecule has 1 aromatic carbocycles. The van der Waals surface area contributed by atoms with Crippen LogP contribution in [-0.4, -0.2) is 18.0 Å². The topological polar surface area (TPSA) is 29.3 Å². The highest BCUT2D eigenvalue weighted by Gasteiger charge is 2.12. The highest BCUT2D eigenvalue weighted by Crippen LogP contribution is 2.18. The SMILES string of the molecule is CCC(CC)CN(CC)Cc1cc(F)ccc1N. The molecule has 0 amide bonds. The van der Waals surface area contributed by atoms with Gasteiger partial charge in [0.15, 0.2) is 0 Å². The maximum atomic E-state index is 13.2. The lowest BCUT2D eigenvalue weighted by molar-refractivity contribution is 0.226. The molecule has 0 aliphatic heterocycles. The highest BCUT2D eigenvalue weighted by atomic mass is 19.1. The standard InChI is InChI=1S/C15H25FN2/c1-4-12(5-2)10-18(6-3)11-13-9-14(16)7-8-15(13)17/h7-9,12H,4-6,10-11,17H2,1-3H3. The summed E-state index contributed by atoms with van der Waals surface area (Å²) in [5, 5.41) is 0. The summed E-state index contributed by atoms with van der Waals surface area (Å²) < 4.78 is 13.2. The van der Waals surface area contributed by atoms with Crippen LogP contribution in [0.25, 0.3) is 0 Å². The average molecular weight is 252 g/mol. The summed E-state index contributed by atoms with van der Waals surface area (Å²) in [6.07, 6.45) is 2.37. The predicted octanol–water partition coefficient (Wildman–Crippen LogP) is 3.67. The molecule has 0 aromatic heterocycles. The molecule has 0 unspecified atom stereocenters. The smallest absolute Gasteiger partial charge is 0.123 e. The van der Waals surface area contributed by atoms with E-state index in [2.05, 4.69) is 25.7 Å². The summed E-state index contributed by atoms with van der Waals surface area (Å²) in [6.45, 7) is 9.33. The summed E-state index contributed by atoms with van der Waals surface area (Å²) in [5.41, 5.74) is 7.47. The number of nitrogens with two attached hydrogens (primary N) is 1. The normalized spacial score (nSPS) is 11.4. The van der Waals surface area contributed by atoms with E-state index in [-0.39, 0.29) is 5.82 Å². The van der Waals surface area contributed by atoms with E-state index in [0.717, 1.165) is 25.2 Å². The minimum atomic E-state index is -0.210. The van der Waals surface area contributed by atoms with E-state index in [9.17, 15) is 4.39 Å². The lowest BCUT2D eigenvalue weighted by Gasteiger charge is -2.25. The molecular weight excluding hydrogens is 227 g/mol. The first kappa shape index (κ1) is 15.0. The van der Waals surface area contributed by atoms with E-state index >= 15 is 0 Å². The van der Waals surface area contributed by atoms with Crippen LogP contribution in [-0.2, 0) is 6.54 Å². The Morgan fingerprint density at radius 2 is 1.89 bits per heavy atom. The van der Waals surface area contributed by atoms with Gasteiger partial charge in [-0.2, -0.15) is 0 Å². The summed E-state index contributed by atoms with van der Waals surface area (Å²) in [4.78, 5) is 2.34. The van der Waals surface area contributed by atoms with Crippen LogP contribution in [0.15, 0.2) is 18.2 Å². The molecule has 1 rings (SSSR count). The minimum Gasteiger partial charge on any atom is -0.398 e. The van der Waals surface area contributed by atoms with Crippen molar-refractivity contribution < 1.29 is 4.39 Å². The largest absolute Gasteiger partial charge is 0.398 e. The van der Waals surface area contributed by atoms with Gasteiger partial charge in [-0.3, -0.25) is 4.90 Å². The second kappa shape index (κ2) is 7.37. The quantitative estimate of drug-likeness (QED) is 0.750. The molecule has 2 nitrogen and oxygen atoms in total. The lowest BCUT2D eigenvalue weighted by Crippen LogP contribution is -2.29. The maximum absolute atomic E-state index is 13.2. The van der Waals surface area contributed by atoms with Crippen molar-refractivity contribution in [1.29, 1.82) is 0 Å². The molecule has 0 saturated carbocycles. The first-order valence-electron chi connectivity index (χ1n) is 6.86. The van der Waals surface area contributed by atoms with Gasteiger partial charge in [-0.1, -0.05) is 33.6 Å². The van der Waals surface area contributed by atoms with Gasteiger partial charge in [0.05, 0.1) is 0 Å². The van der Waals surface area contributed by atoms with Gasteiger partial charge in [-0.05, 0) is 36.2 Å². The highest BCUT2D eigenvalue weighted by molar-refractivity contribution is 5.46.